The van der Waals surface area contributed by atoms with Gasteiger partial charge in [0.2, 0.25) is 5.95 Å². The smallest absolute Gasteiger partial charge is 0.238 e. The maximum atomic E-state index is 6.39. The van der Waals surface area contributed by atoms with Crippen molar-refractivity contribution in [3.05, 3.63) is 198 Å². The minimum Gasteiger partial charge on any atom is -0.456 e. The summed E-state index contributed by atoms with van der Waals surface area (Å²) in [4.78, 5) is 16.3. The molecule has 0 aliphatic heterocycles. The number of rotatable bonds is 5. The van der Waals surface area contributed by atoms with Crippen molar-refractivity contribution in [3.63, 3.8) is 0 Å². The molecule has 5 heteroatoms. The molecule has 0 N–H and O–H groups in total. The third-order valence-electron chi connectivity index (χ3n) is 12.9. The third-order valence-corrected chi connectivity index (χ3v) is 12.9. The van der Waals surface area contributed by atoms with Gasteiger partial charge in [0.25, 0.3) is 0 Å². The van der Waals surface area contributed by atoms with E-state index in [0.29, 0.717) is 23.5 Å². The van der Waals surface area contributed by atoms with E-state index in [0.717, 1.165) is 49.5 Å². The molecular weight excluding hydrogens is 733 g/mol. The molecule has 2 aliphatic carbocycles. The van der Waals surface area contributed by atoms with E-state index < -0.39 is 0 Å². The van der Waals surface area contributed by atoms with Crippen LogP contribution in [0.2, 0.25) is 0 Å². The average molecular weight is 773 g/mol. The fourth-order valence-electron chi connectivity index (χ4n) is 10.1. The fourth-order valence-corrected chi connectivity index (χ4v) is 10.1. The standard InChI is InChI=1S/C55H40N4O/c1-33-31-35(34-15-5-4-6-16-34)27-28-38(33)36-17-13-18-37(32-36)52-56-53(44-22-14-26-48-49(44)43-21-9-12-25-47(43)60-48)58-54(57-52)59-46-24-11-8-20-40(46)42-30-29-41-39-19-7-10-23-45(39)55(2,3)50(41)51(42)59/h4-33,38H,1-3H3. The maximum Gasteiger partial charge on any atom is 0.238 e. The van der Waals surface area contributed by atoms with Gasteiger partial charge in [0, 0.05) is 44.0 Å². The van der Waals surface area contributed by atoms with Gasteiger partial charge >= 0.3 is 0 Å². The second kappa shape index (κ2) is 13.1. The molecule has 0 radical (unpaired) electrons. The van der Waals surface area contributed by atoms with Crippen molar-refractivity contribution < 1.29 is 4.42 Å². The van der Waals surface area contributed by atoms with Crippen LogP contribution in [-0.2, 0) is 5.41 Å². The Bertz CT molecular complexity index is 3440. The quantitative estimate of drug-likeness (QED) is 0.175. The van der Waals surface area contributed by atoms with Crippen LogP contribution in [0.15, 0.2) is 180 Å². The minimum absolute atomic E-state index is 0.202. The van der Waals surface area contributed by atoms with Gasteiger partial charge in [-0.3, -0.25) is 4.57 Å². The highest BCUT2D eigenvalue weighted by molar-refractivity contribution is 6.14. The van der Waals surface area contributed by atoms with Crippen molar-refractivity contribution in [2.45, 2.75) is 32.1 Å². The van der Waals surface area contributed by atoms with Crippen LogP contribution in [0.1, 0.15) is 48.9 Å². The Labute approximate surface area is 348 Å². The van der Waals surface area contributed by atoms with E-state index in [1.54, 1.807) is 0 Å². The summed E-state index contributed by atoms with van der Waals surface area (Å²) in [7, 11) is 0. The monoisotopic (exact) mass is 772 g/mol. The first-order chi connectivity index (χ1) is 29.4. The van der Waals surface area contributed by atoms with Gasteiger partial charge in [0.15, 0.2) is 11.6 Å². The summed E-state index contributed by atoms with van der Waals surface area (Å²) in [5.41, 5.74) is 14.3. The summed E-state index contributed by atoms with van der Waals surface area (Å²) in [5, 5.41) is 4.37. The van der Waals surface area contributed by atoms with Gasteiger partial charge in [0.1, 0.15) is 11.2 Å². The molecule has 60 heavy (non-hydrogen) atoms. The second-order valence-electron chi connectivity index (χ2n) is 16.8. The van der Waals surface area contributed by atoms with E-state index in [9.17, 15) is 0 Å². The molecule has 2 aliphatic rings. The molecule has 5 nitrogen and oxygen atoms in total. The number of fused-ring (bicyclic) bond motifs is 10. The Morgan fingerprint density at radius 3 is 2.18 bits per heavy atom. The molecule has 7 aromatic carbocycles. The molecule has 0 fully saturated rings. The number of benzene rings is 7. The van der Waals surface area contributed by atoms with Crippen molar-refractivity contribution in [1.29, 1.82) is 0 Å². The largest absolute Gasteiger partial charge is 0.456 e. The predicted molar refractivity (Wildman–Crippen MR) is 245 cm³/mol. The molecular formula is C55H40N4O. The lowest BCUT2D eigenvalue weighted by Gasteiger charge is -2.24. The van der Waals surface area contributed by atoms with E-state index in [2.05, 4.69) is 177 Å². The summed E-state index contributed by atoms with van der Waals surface area (Å²) >= 11 is 0. The van der Waals surface area contributed by atoms with Gasteiger partial charge in [-0.05, 0) is 69.1 Å². The third kappa shape index (κ3) is 5.15. The zero-order chi connectivity index (χ0) is 40.1. The lowest BCUT2D eigenvalue weighted by molar-refractivity contribution is 0.638. The molecule has 2 atom stereocenters. The summed E-state index contributed by atoms with van der Waals surface area (Å²) in [6.45, 7) is 7.00. The molecule has 3 heterocycles. The lowest BCUT2D eigenvalue weighted by atomic mass is 9.80. The Kier molecular flexibility index (Phi) is 7.55. The summed E-state index contributed by atoms with van der Waals surface area (Å²) in [6, 6.07) is 55.8. The number of allylic oxidation sites excluding steroid dienone is 4. The highest BCUT2D eigenvalue weighted by Crippen LogP contribution is 2.53. The Morgan fingerprint density at radius 2 is 1.30 bits per heavy atom. The summed E-state index contributed by atoms with van der Waals surface area (Å²) in [6.07, 6.45) is 7.00. The fraction of sp³-hybridized carbons (Fsp3) is 0.109. The van der Waals surface area contributed by atoms with Gasteiger partial charge in [-0.25, -0.2) is 4.98 Å². The molecule has 12 rings (SSSR count). The summed E-state index contributed by atoms with van der Waals surface area (Å²) < 4.78 is 8.69. The van der Waals surface area contributed by atoms with Gasteiger partial charge < -0.3 is 4.42 Å². The van der Waals surface area contributed by atoms with Gasteiger partial charge in [-0.15, -0.1) is 0 Å². The van der Waals surface area contributed by atoms with E-state index in [1.807, 2.05) is 24.3 Å². The van der Waals surface area contributed by atoms with Crippen LogP contribution in [-0.4, -0.2) is 19.5 Å². The number of furan rings is 1. The second-order valence-corrected chi connectivity index (χ2v) is 16.8. The molecule has 0 bridgehead atoms. The average Bonchev–Trinajstić information content (AvgIpc) is 3.92. The summed E-state index contributed by atoms with van der Waals surface area (Å²) in [5.74, 6) is 2.30. The van der Waals surface area contributed by atoms with Crippen LogP contribution in [0, 0.1) is 5.92 Å². The molecule has 10 aromatic rings. The number of para-hydroxylation sites is 2. The molecule has 0 spiro atoms. The van der Waals surface area contributed by atoms with Crippen molar-refractivity contribution in [1.82, 2.24) is 19.5 Å². The molecule has 286 valence electrons. The first-order valence-corrected chi connectivity index (χ1v) is 20.8. The first-order valence-electron chi connectivity index (χ1n) is 20.8. The predicted octanol–water partition coefficient (Wildman–Crippen LogP) is 13.9. The van der Waals surface area contributed by atoms with E-state index >= 15 is 0 Å². The zero-order valence-electron chi connectivity index (χ0n) is 33.6. The first kappa shape index (κ1) is 34.7. The van der Waals surface area contributed by atoms with E-state index in [4.69, 9.17) is 19.4 Å². The van der Waals surface area contributed by atoms with Crippen LogP contribution in [0.4, 0.5) is 0 Å². The molecule has 3 aromatic heterocycles. The van der Waals surface area contributed by atoms with E-state index in [-0.39, 0.29) is 11.3 Å². The molecule has 0 saturated carbocycles. The van der Waals surface area contributed by atoms with Crippen molar-refractivity contribution >= 4 is 49.3 Å². The number of aromatic nitrogens is 4. The highest BCUT2D eigenvalue weighted by atomic mass is 16.3. The highest BCUT2D eigenvalue weighted by Gasteiger charge is 2.38. The van der Waals surface area contributed by atoms with Crippen molar-refractivity contribution in [3.8, 4) is 39.9 Å². The molecule has 0 saturated heterocycles. The van der Waals surface area contributed by atoms with Crippen LogP contribution < -0.4 is 0 Å². The minimum atomic E-state index is -0.259. The SMILES string of the molecule is CC1C=C(c2ccccc2)C=CC1c1cccc(-c2nc(-c3cccc4oc5ccccc5c34)nc(-n3c4ccccc4c4ccc5c(c43)C(C)(C)c3ccccc3-5)n2)c1. The van der Waals surface area contributed by atoms with E-state index in [1.165, 1.54) is 44.3 Å². The van der Waals surface area contributed by atoms with Gasteiger partial charge in [-0.1, -0.05) is 172 Å². The van der Waals surface area contributed by atoms with Crippen LogP contribution in [0.25, 0.3) is 89.2 Å². The van der Waals surface area contributed by atoms with Gasteiger partial charge in [0.05, 0.1) is 11.0 Å². The Hall–Kier alpha value is -7.37. The number of nitrogens with zero attached hydrogens (tertiary/aromatic N) is 4. The normalized spacial score (nSPS) is 16.8. The van der Waals surface area contributed by atoms with Crippen LogP contribution in [0.3, 0.4) is 0 Å². The number of hydrogen-bond acceptors (Lipinski definition) is 4. The van der Waals surface area contributed by atoms with Crippen molar-refractivity contribution in [2.75, 3.05) is 0 Å². The van der Waals surface area contributed by atoms with Crippen LogP contribution >= 0.6 is 0 Å². The Balaban J connectivity index is 1.10. The van der Waals surface area contributed by atoms with Crippen LogP contribution in [0.5, 0.6) is 0 Å². The number of hydrogen-bond donors (Lipinski definition) is 0. The lowest BCUT2D eigenvalue weighted by Crippen LogP contribution is -2.17. The Morgan fingerprint density at radius 1 is 0.583 bits per heavy atom. The molecule has 0 amide bonds. The maximum absolute atomic E-state index is 6.39. The van der Waals surface area contributed by atoms with Gasteiger partial charge in [-0.2, -0.15) is 9.97 Å². The topological polar surface area (TPSA) is 56.7 Å². The zero-order valence-corrected chi connectivity index (χ0v) is 33.6. The molecule has 2 unspecified atom stereocenters. The van der Waals surface area contributed by atoms with Crippen molar-refractivity contribution in [2.24, 2.45) is 5.92 Å².